The average molecular weight is 570 g/mol. The number of fused-ring (bicyclic) bond motifs is 1. The summed E-state index contributed by atoms with van der Waals surface area (Å²) < 4.78 is 11.2. The van der Waals surface area contributed by atoms with Gasteiger partial charge in [0.05, 0.1) is 23.0 Å². The summed E-state index contributed by atoms with van der Waals surface area (Å²) in [5, 5.41) is 11.1. The van der Waals surface area contributed by atoms with Crippen LogP contribution < -0.4 is 9.64 Å². The number of rotatable bonds is 9. The first-order valence-electron chi connectivity index (χ1n) is 12.3. The van der Waals surface area contributed by atoms with Crippen molar-refractivity contribution in [3.05, 3.63) is 93.0 Å². The van der Waals surface area contributed by atoms with Crippen molar-refractivity contribution >= 4 is 46.6 Å². The summed E-state index contributed by atoms with van der Waals surface area (Å²) in [5.74, 6) is -0.756. The fourth-order valence-corrected chi connectivity index (χ4v) is 5.68. The van der Waals surface area contributed by atoms with Gasteiger partial charge in [0.1, 0.15) is 11.3 Å². The molecule has 0 N–H and O–H groups in total. The maximum absolute atomic E-state index is 14.2. The molecule has 4 rings (SSSR count). The van der Waals surface area contributed by atoms with Crippen molar-refractivity contribution in [1.29, 1.82) is 0 Å². The van der Waals surface area contributed by atoms with E-state index in [2.05, 4.69) is 4.90 Å². The van der Waals surface area contributed by atoms with Gasteiger partial charge in [-0.3, -0.25) is 14.9 Å². The van der Waals surface area contributed by atoms with Gasteiger partial charge in [-0.25, -0.2) is 4.79 Å². The van der Waals surface area contributed by atoms with Gasteiger partial charge in [0, 0.05) is 29.1 Å². The number of thioether (sulfide) groups is 1. The summed E-state index contributed by atoms with van der Waals surface area (Å²) >= 11 is 7.34. The Labute approximate surface area is 235 Å². The highest BCUT2D eigenvalue weighted by atomic mass is 35.5. The van der Waals surface area contributed by atoms with Gasteiger partial charge in [0.15, 0.2) is 6.10 Å². The largest absolute Gasteiger partial charge is 0.497 e. The van der Waals surface area contributed by atoms with Crippen molar-refractivity contribution in [2.45, 2.75) is 23.2 Å². The molecule has 0 radical (unpaired) electrons. The summed E-state index contributed by atoms with van der Waals surface area (Å²) in [7, 11) is 3.52. The molecule has 3 aromatic carbocycles. The smallest absolute Gasteiger partial charge is 0.346 e. The van der Waals surface area contributed by atoms with Crippen LogP contribution in [0.15, 0.2) is 71.6 Å². The van der Waals surface area contributed by atoms with Gasteiger partial charge in [-0.2, -0.15) is 0 Å². The number of amides is 1. The van der Waals surface area contributed by atoms with Gasteiger partial charge in [0.25, 0.3) is 11.6 Å². The average Bonchev–Trinajstić information content (AvgIpc) is 3.05. The quantitative estimate of drug-likeness (QED) is 0.186. The monoisotopic (exact) mass is 569 g/mol. The van der Waals surface area contributed by atoms with Crippen molar-refractivity contribution in [2.75, 3.05) is 38.7 Å². The maximum atomic E-state index is 14.2. The second kappa shape index (κ2) is 12.5. The number of nitrogens with zero attached hydrogens (tertiary/aromatic N) is 3. The van der Waals surface area contributed by atoms with Crippen LogP contribution in [0, 0.1) is 10.1 Å². The molecular formula is C28H28ClN3O6S. The number of likely N-dealkylation sites (N-methyl/N-ethyl adjacent to an activating group) is 1. The molecular weight excluding hydrogens is 542 g/mol. The Bertz CT molecular complexity index is 1370. The first-order valence-corrected chi connectivity index (χ1v) is 13.5. The Morgan fingerprint density at radius 1 is 1.15 bits per heavy atom. The fourth-order valence-electron chi connectivity index (χ4n) is 4.20. The number of benzene rings is 3. The minimum Gasteiger partial charge on any atom is -0.497 e. The molecule has 0 spiro atoms. The normalized spacial score (nSPS) is 16.9. The highest BCUT2D eigenvalue weighted by molar-refractivity contribution is 7.99. The molecule has 1 aliphatic heterocycles. The third-order valence-corrected chi connectivity index (χ3v) is 8.10. The molecule has 0 bridgehead atoms. The first-order chi connectivity index (χ1) is 18.7. The lowest BCUT2D eigenvalue weighted by molar-refractivity contribution is -0.385. The minimum absolute atomic E-state index is 0.108. The van der Waals surface area contributed by atoms with Crippen LogP contribution in [0.5, 0.6) is 5.75 Å². The molecule has 9 nitrogen and oxygen atoms in total. The van der Waals surface area contributed by atoms with Gasteiger partial charge in [-0.15, -0.1) is 11.8 Å². The fraction of sp³-hybridized carbons (Fsp3) is 0.286. The van der Waals surface area contributed by atoms with Crippen LogP contribution in [0.2, 0.25) is 5.02 Å². The number of para-hydroxylation sites is 1. The Morgan fingerprint density at radius 3 is 2.54 bits per heavy atom. The van der Waals surface area contributed by atoms with E-state index in [1.54, 1.807) is 24.1 Å². The number of nitro groups is 1. The summed E-state index contributed by atoms with van der Waals surface area (Å²) in [6, 6.07) is 18.4. The molecule has 1 aliphatic rings. The van der Waals surface area contributed by atoms with Crippen LogP contribution in [-0.4, -0.2) is 61.6 Å². The summed E-state index contributed by atoms with van der Waals surface area (Å²) in [6.45, 7) is 3.78. The Balaban J connectivity index is 1.79. The van der Waals surface area contributed by atoms with E-state index in [-0.39, 0.29) is 10.6 Å². The zero-order valence-electron chi connectivity index (χ0n) is 21.7. The zero-order chi connectivity index (χ0) is 28.1. The van der Waals surface area contributed by atoms with Crippen molar-refractivity contribution in [2.24, 2.45) is 0 Å². The van der Waals surface area contributed by atoms with Crippen LogP contribution in [0.25, 0.3) is 0 Å². The lowest BCUT2D eigenvalue weighted by Gasteiger charge is -2.29. The van der Waals surface area contributed by atoms with Crippen molar-refractivity contribution in [1.82, 2.24) is 4.90 Å². The number of methoxy groups -OCH3 is 1. The van der Waals surface area contributed by atoms with E-state index in [1.807, 2.05) is 50.4 Å². The van der Waals surface area contributed by atoms with Gasteiger partial charge in [-0.1, -0.05) is 42.8 Å². The molecule has 39 heavy (non-hydrogen) atoms. The SMILES string of the molecule is CCN(C)CCN1C(=O)C(OC(=O)c2ccc(Cl)cc2[N+](=O)[O-])C(c2ccc(OC)cc2)Sc2ccccc21. The van der Waals surface area contributed by atoms with Crippen LogP contribution in [0.3, 0.4) is 0 Å². The number of ether oxygens (including phenoxy) is 2. The van der Waals surface area contributed by atoms with Crippen LogP contribution in [-0.2, 0) is 9.53 Å². The molecule has 2 unspecified atom stereocenters. The van der Waals surface area contributed by atoms with E-state index in [9.17, 15) is 19.7 Å². The predicted molar refractivity (Wildman–Crippen MR) is 151 cm³/mol. The van der Waals surface area contributed by atoms with E-state index in [4.69, 9.17) is 21.1 Å². The number of hydrogen-bond donors (Lipinski definition) is 0. The first kappa shape index (κ1) is 28.4. The third-order valence-electron chi connectivity index (χ3n) is 6.49. The zero-order valence-corrected chi connectivity index (χ0v) is 23.3. The molecule has 0 saturated heterocycles. The molecule has 1 amide bonds. The topological polar surface area (TPSA) is 102 Å². The maximum Gasteiger partial charge on any atom is 0.346 e. The molecule has 0 saturated carbocycles. The summed E-state index contributed by atoms with van der Waals surface area (Å²) in [5.41, 5.74) is 0.674. The molecule has 0 fully saturated rings. The van der Waals surface area contributed by atoms with E-state index in [1.165, 1.54) is 23.9 Å². The van der Waals surface area contributed by atoms with Gasteiger partial charge < -0.3 is 19.3 Å². The number of carbonyl (C=O) groups is 2. The molecule has 3 aromatic rings. The van der Waals surface area contributed by atoms with E-state index in [0.29, 0.717) is 24.5 Å². The second-order valence-electron chi connectivity index (χ2n) is 8.91. The van der Waals surface area contributed by atoms with Gasteiger partial charge >= 0.3 is 5.97 Å². The molecule has 11 heteroatoms. The molecule has 0 aromatic heterocycles. The lowest BCUT2D eigenvalue weighted by Crippen LogP contribution is -2.45. The molecule has 2 atom stereocenters. The number of halogens is 1. The van der Waals surface area contributed by atoms with Crippen LogP contribution in [0.1, 0.15) is 28.1 Å². The minimum atomic E-state index is -1.27. The van der Waals surface area contributed by atoms with Crippen LogP contribution in [0.4, 0.5) is 11.4 Å². The number of anilines is 1. The Hall–Kier alpha value is -3.60. The standard InChI is InChI=1S/C28H28ClN3O6S/c1-4-30(2)15-16-31-22-7-5-6-8-24(22)39-26(18-9-12-20(37-3)13-10-18)25(27(31)33)38-28(34)21-14-11-19(29)17-23(21)32(35)36/h5-14,17,25-26H,4,15-16H2,1-3H3. The van der Waals surface area contributed by atoms with E-state index in [0.717, 1.165) is 23.1 Å². The Kier molecular flexibility index (Phi) is 9.11. The molecule has 204 valence electrons. The number of nitro benzene ring substituents is 1. The van der Waals surface area contributed by atoms with E-state index >= 15 is 0 Å². The summed E-state index contributed by atoms with van der Waals surface area (Å²) in [4.78, 5) is 43.1. The van der Waals surface area contributed by atoms with Crippen molar-refractivity contribution in [3.8, 4) is 5.75 Å². The lowest BCUT2D eigenvalue weighted by atomic mass is 10.0. The molecule has 0 aliphatic carbocycles. The van der Waals surface area contributed by atoms with Crippen molar-refractivity contribution in [3.63, 3.8) is 0 Å². The predicted octanol–water partition coefficient (Wildman–Crippen LogP) is 5.61. The highest BCUT2D eigenvalue weighted by Crippen LogP contribution is 2.47. The van der Waals surface area contributed by atoms with Crippen LogP contribution >= 0.6 is 23.4 Å². The number of hydrogen-bond acceptors (Lipinski definition) is 8. The second-order valence-corrected chi connectivity index (χ2v) is 10.5. The van der Waals surface area contributed by atoms with E-state index < -0.39 is 33.8 Å². The molecule has 1 heterocycles. The summed E-state index contributed by atoms with van der Waals surface area (Å²) in [6.07, 6.45) is -1.27. The third kappa shape index (κ3) is 6.35. The van der Waals surface area contributed by atoms with Gasteiger partial charge in [0.2, 0.25) is 0 Å². The van der Waals surface area contributed by atoms with Gasteiger partial charge in [-0.05, 0) is 55.6 Å². The highest BCUT2D eigenvalue weighted by Gasteiger charge is 2.42. The van der Waals surface area contributed by atoms with Crippen molar-refractivity contribution < 1.29 is 24.0 Å². The Morgan fingerprint density at radius 2 is 1.87 bits per heavy atom. The number of carbonyl (C=O) groups excluding carboxylic acids is 2. The number of esters is 1.